The van der Waals surface area contributed by atoms with Crippen LogP contribution in [0, 0.1) is 6.92 Å². The first-order chi connectivity index (χ1) is 12.1. The molecule has 0 fully saturated rings. The number of hydrogen-bond donors (Lipinski definition) is 2. The number of hydrogen-bond acceptors (Lipinski definition) is 7. The van der Waals surface area contributed by atoms with E-state index in [1.54, 1.807) is 6.92 Å². The lowest BCUT2D eigenvalue weighted by Crippen LogP contribution is -2.30. The van der Waals surface area contributed by atoms with Crippen molar-refractivity contribution >= 4 is 39.3 Å². The van der Waals surface area contributed by atoms with Crippen LogP contribution < -0.4 is 10.0 Å². The smallest absolute Gasteiger partial charge is 0.340 e. The van der Waals surface area contributed by atoms with Crippen LogP contribution in [-0.2, 0) is 19.6 Å². The number of carbonyl (C=O) groups is 2. The van der Waals surface area contributed by atoms with Gasteiger partial charge in [-0.25, -0.2) is 17.9 Å². The predicted octanol–water partition coefficient (Wildman–Crippen LogP) is 1.73. The van der Waals surface area contributed by atoms with Gasteiger partial charge in [0.2, 0.25) is 10.0 Å². The maximum absolute atomic E-state index is 12.3. The number of rotatable bonds is 6. The Bertz CT molecular complexity index is 941. The molecule has 2 N–H and O–H groups in total. The van der Waals surface area contributed by atoms with Gasteiger partial charge in [-0.2, -0.15) is 0 Å². The lowest BCUT2D eigenvalue weighted by Gasteiger charge is -2.13. The maximum atomic E-state index is 12.3. The average Bonchev–Trinajstić information content (AvgIpc) is 2.99. The molecule has 0 aliphatic carbocycles. The van der Waals surface area contributed by atoms with Crippen molar-refractivity contribution in [1.29, 1.82) is 0 Å². The first-order valence-corrected chi connectivity index (χ1v) is 9.18. The molecule has 2 aromatic rings. The highest BCUT2D eigenvalue weighted by atomic mass is 35.5. The van der Waals surface area contributed by atoms with E-state index in [1.807, 2.05) is 0 Å². The number of carbonyl (C=O) groups excluding carboxylic acids is 2. The van der Waals surface area contributed by atoms with Gasteiger partial charge in [0.05, 0.1) is 15.5 Å². The topological polar surface area (TPSA) is 128 Å². The number of nitrogens with one attached hydrogen (secondary N) is 2. The van der Waals surface area contributed by atoms with E-state index in [0.29, 0.717) is 5.76 Å². The molecule has 1 amide bonds. The number of benzene rings is 1. The van der Waals surface area contributed by atoms with Crippen LogP contribution in [0.1, 0.15) is 23.0 Å². The van der Waals surface area contributed by atoms with Crippen LogP contribution in [0.4, 0.5) is 5.82 Å². The van der Waals surface area contributed by atoms with Crippen LogP contribution in [0.3, 0.4) is 0 Å². The lowest BCUT2D eigenvalue weighted by molar-refractivity contribution is -0.123. The van der Waals surface area contributed by atoms with Crippen molar-refractivity contribution in [2.75, 3.05) is 12.4 Å². The van der Waals surface area contributed by atoms with Crippen molar-refractivity contribution in [3.05, 3.63) is 40.6 Å². The highest BCUT2D eigenvalue weighted by Crippen LogP contribution is 2.22. The molecule has 26 heavy (non-hydrogen) atoms. The fourth-order valence-electron chi connectivity index (χ4n) is 1.88. The Hall–Kier alpha value is -2.43. The molecule has 1 atom stereocenters. The molecule has 140 valence electrons. The molecule has 1 aromatic carbocycles. The van der Waals surface area contributed by atoms with Crippen molar-refractivity contribution in [1.82, 2.24) is 9.88 Å². The van der Waals surface area contributed by atoms with Crippen LogP contribution in [0.2, 0.25) is 5.02 Å². The standard InChI is InChI=1S/C15H16ClN3O6S/c1-8-6-13(19-25-8)18-14(20)9(2)24-15(21)11-7-10(4-5-12(11)16)26(22,23)17-3/h4-7,9,17H,1-3H3,(H,18,19,20)/t9-/m1/s1. The minimum absolute atomic E-state index is 0.00946. The van der Waals surface area contributed by atoms with Gasteiger partial charge in [-0.1, -0.05) is 16.8 Å². The highest BCUT2D eigenvalue weighted by molar-refractivity contribution is 7.89. The van der Waals surface area contributed by atoms with Gasteiger partial charge in [0.15, 0.2) is 11.9 Å². The Kier molecular flexibility index (Phi) is 6.01. The number of aryl methyl sites for hydroxylation is 1. The van der Waals surface area contributed by atoms with Crippen LogP contribution >= 0.6 is 11.6 Å². The molecule has 0 bridgehead atoms. The van der Waals surface area contributed by atoms with Crippen LogP contribution in [0.25, 0.3) is 0 Å². The quantitative estimate of drug-likeness (QED) is 0.705. The van der Waals surface area contributed by atoms with Crippen molar-refractivity contribution in [2.24, 2.45) is 0 Å². The lowest BCUT2D eigenvalue weighted by atomic mass is 10.2. The SMILES string of the molecule is CNS(=O)(=O)c1ccc(Cl)c(C(=O)O[C@H](C)C(=O)Nc2cc(C)on2)c1. The summed E-state index contributed by atoms with van der Waals surface area (Å²) >= 11 is 5.94. The van der Waals surface area contributed by atoms with E-state index in [-0.39, 0.29) is 21.3 Å². The maximum Gasteiger partial charge on any atom is 0.340 e. The second kappa shape index (κ2) is 7.85. The summed E-state index contributed by atoms with van der Waals surface area (Å²) in [6, 6.07) is 5.07. The Labute approximate surface area is 154 Å². The number of amides is 1. The summed E-state index contributed by atoms with van der Waals surface area (Å²) in [6.45, 7) is 3.00. The summed E-state index contributed by atoms with van der Waals surface area (Å²) in [7, 11) is -2.53. The fourth-order valence-corrected chi connectivity index (χ4v) is 2.83. The van der Waals surface area contributed by atoms with E-state index in [2.05, 4.69) is 15.2 Å². The number of ether oxygens (including phenoxy) is 1. The fraction of sp³-hybridized carbons (Fsp3) is 0.267. The van der Waals surface area contributed by atoms with E-state index in [9.17, 15) is 18.0 Å². The molecule has 0 unspecified atom stereocenters. The number of anilines is 1. The molecule has 0 spiro atoms. The third kappa shape index (κ3) is 4.59. The third-order valence-corrected chi connectivity index (χ3v) is 5.01. The van der Waals surface area contributed by atoms with E-state index in [4.69, 9.17) is 20.9 Å². The van der Waals surface area contributed by atoms with Crippen molar-refractivity contribution < 1.29 is 27.3 Å². The highest BCUT2D eigenvalue weighted by Gasteiger charge is 2.23. The van der Waals surface area contributed by atoms with Gasteiger partial charge < -0.3 is 14.6 Å². The zero-order valence-corrected chi connectivity index (χ0v) is 15.6. The number of nitrogens with zero attached hydrogens (tertiary/aromatic N) is 1. The third-order valence-electron chi connectivity index (χ3n) is 3.27. The molecule has 0 radical (unpaired) electrons. The van der Waals surface area contributed by atoms with E-state index in [1.165, 1.54) is 32.2 Å². The van der Waals surface area contributed by atoms with Gasteiger partial charge in [-0.05, 0) is 39.1 Å². The number of aromatic nitrogens is 1. The van der Waals surface area contributed by atoms with Gasteiger partial charge in [0.1, 0.15) is 5.76 Å². The second-order valence-electron chi connectivity index (χ2n) is 5.21. The van der Waals surface area contributed by atoms with Crippen molar-refractivity contribution in [2.45, 2.75) is 24.8 Å². The summed E-state index contributed by atoms with van der Waals surface area (Å²) in [4.78, 5) is 24.1. The number of esters is 1. The molecule has 2 rings (SSSR count). The summed E-state index contributed by atoms with van der Waals surface area (Å²) in [5, 5.41) is 6.00. The van der Waals surface area contributed by atoms with Crippen LogP contribution in [0.15, 0.2) is 33.7 Å². The van der Waals surface area contributed by atoms with Gasteiger partial charge in [-0.15, -0.1) is 0 Å². The van der Waals surface area contributed by atoms with Crippen LogP contribution in [-0.4, -0.2) is 38.6 Å². The Morgan fingerprint density at radius 1 is 1.31 bits per heavy atom. The van der Waals surface area contributed by atoms with Gasteiger partial charge in [0, 0.05) is 6.07 Å². The molecule has 1 heterocycles. The van der Waals surface area contributed by atoms with Gasteiger partial charge in [0.25, 0.3) is 5.91 Å². The summed E-state index contributed by atoms with van der Waals surface area (Å²) in [5.74, 6) is -0.904. The molecule has 0 aliphatic heterocycles. The van der Waals surface area contributed by atoms with Crippen molar-refractivity contribution in [3.63, 3.8) is 0 Å². The zero-order chi connectivity index (χ0) is 19.5. The molecule has 0 saturated carbocycles. The monoisotopic (exact) mass is 401 g/mol. The predicted molar refractivity (Wildman–Crippen MR) is 92.4 cm³/mol. The zero-order valence-electron chi connectivity index (χ0n) is 14.1. The van der Waals surface area contributed by atoms with Gasteiger partial charge >= 0.3 is 5.97 Å². The minimum atomic E-state index is -3.77. The first-order valence-electron chi connectivity index (χ1n) is 7.32. The Morgan fingerprint density at radius 2 is 2.00 bits per heavy atom. The summed E-state index contributed by atoms with van der Waals surface area (Å²) < 4.78 is 35.7. The van der Waals surface area contributed by atoms with Gasteiger partial charge in [-0.3, -0.25) is 4.79 Å². The molecular weight excluding hydrogens is 386 g/mol. The largest absolute Gasteiger partial charge is 0.449 e. The molecular formula is C15H16ClN3O6S. The van der Waals surface area contributed by atoms with E-state index < -0.39 is 28.0 Å². The molecule has 9 nitrogen and oxygen atoms in total. The minimum Gasteiger partial charge on any atom is -0.449 e. The molecule has 11 heteroatoms. The first kappa shape index (κ1) is 19.9. The molecule has 0 aliphatic rings. The molecule has 1 aromatic heterocycles. The average molecular weight is 402 g/mol. The second-order valence-corrected chi connectivity index (χ2v) is 7.50. The number of sulfonamides is 1. The Morgan fingerprint density at radius 3 is 2.58 bits per heavy atom. The van der Waals surface area contributed by atoms with Crippen molar-refractivity contribution in [3.8, 4) is 0 Å². The Balaban J connectivity index is 2.13. The normalized spacial score (nSPS) is 12.5. The summed E-state index contributed by atoms with van der Waals surface area (Å²) in [5.41, 5.74) is -0.181. The van der Waals surface area contributed by atoms with E-state index >= 15 is 0 Å². The van der Waals surface area contributed by atoms with Crippen LogP contribution in [0.5, 0.6) is 0 Å². The molecule has 0 saturated heterocycles. The number of halogens is 1. The van der Waals surface area contributed by atoms with E-state index in [0.717, 1.165) is 6.07 Å². The summed E-state index contributed by atoms with van der Waals surface area (Å²) in [6.07, 6.45) is -1.18.